The van der Waals surface area contributed by atoms with E-state index in [0.717, 1.165) is 32.2 Å². The topological polar surface area (TPSA) is 21.3 Å². The molecule has 0 saturated carbocycles. The third kappa shape index (κ3) is 6.81. The van der Waals surface area contributed by atoms with E-state index in [2.05, 4.69) is 38.2 Å². The highest BCUT2D eigenvalue weighted by atomic mass is 32.1. The van der Waals surface area contributed by atoms with Crippen molar-refractivity contribution in [3.05, 3.63) is 21.9 Å². The molecule has 0 spiro atoms. The summed E-state index contributed by atoms with van der Waals surface area (Å²) in [7, 11) is 0. The van der Waals surface area contributed by atoms with Gasteiger partial charge in [0, 0.05) is 22.9 Å². The standard InChI is InChI=1S/C14H25NOS/c1-4-15-10-13-7-8-14(17-13)11-16-9-5-6-12(2)3/h7-8,12,15H,4-6,9-11H2,1-3H3. The SMILES string of the molecule is CCNCc1ccc(COCCCC(C)C)s1. The molecule has 1 aromatic heterocycles. The van der Waals surface area contributed by atoms with Crippen LogP contribution in [0.3, 0.4) is 0 Å². The van der Waals surface area contributed by atoms with Crippen LogP contribution in [0.4, 0.5) is 0 Å². The number of nitrogens with one attached hydrogen (secondary N) is 1. The van der Waals surface area contributed by atoms with Crippen molar-refractivity contribution in [2.45, 2.75) is 46.8 Å². The fraction of sp³-hybridized carbons (Fsp3) is 0.714. The Bertz CT molecular complexity index is 296. The number of hydrogen-bond donors (Lipinski definition) is 1. The van der Waals surface area contributed by atoms with E-state index >= 15 is 0 Å². The lowest BCUT2D eigenvalue weighted by Gasteiger charge is -2.04. The second-order valence-electron chi connectivity index (χ2n) is 4.74. The third-order valence-corrected chi connectivity index (χ3v) is 3.64. The second-order valence-corrected chi connectivity index (χ2v) is 5.99. The van der Waals surface area contributed by atoms with Gasteiger partial charge in [0.1, 0.15) is 0 Å². The van der Waals surface area contributed by atoms with Gasteiger partial charge < -0.3 is 10.1 Å². The van der Waals surface area contributed by atoms with Crippen LogP contribution in [0, 0.1) is 5.92 Å². The van der Waals surface area contributed by atoms with Gasteiger partial charge in [-0.1, -0.05) is 20.8 Å². The van der Waals surface area contributed by atoms with Crippen LogP contribution in [-0.2, 0) is 17.9 Å². The van der Waals surface area contributed by atoms with Crippen LogP contribution >= 0.6 is 11.3 Å². The molecule has 0 fully saturated rings. The molecule has 0 bridgehead atoms. The van der Waals surface area contributed by atoms with Crippen LogP contribution in [0.5, 0.6) is 0 Å². The van der Waals surface area contributed by atoms with E-state index in [1.165, 1.54) is 22.6 Å². The highest BCUT2D eigenvalue weighted by molar-refractivity contribution is 7.11. The Morgan fingerprint density at radius 3 is 2.76 bits per heavy atom. The fourth-order valence-electron chi connectivity index (χ4n) is 1.61. The Labute approximate surface area is 109 Å². The quantitative estimate of drug-likeness (QED) is 0.678. The predicted octanol–water partition coefficient (Wildman–Crippen LogP) is 3.81. The van der Waals surface area contributed by atoms with Gasteiger partial charge in [-0.3, -0.25) is 0 Å². The van der Waals surface area contributed by atoms with Gasteiger partial charge in [-0.15, -0.1) is 11.3 Å². The first-order valence-electron chi connectivity index (χ1n) is 6.58. The molecule has 17 heavy (non-hydrogen) atoms. The molecule has 1 N–H and O–H groups in total. The van der Waals surface area contributed by atoms with E-state index in [1.54, 1.807) is 0 Å². The lowest BCUT2D eigenvalue weighted by Crippen LogP contribution is -2.10. The van der Waals surface area contributed by atoms with Crippen LogP contribution in [0.2, 0.25) is 0 Å². The van der Waals surface area contributed by atoms with Gasteiger partial charge in [0.05, 0.1) is 6.61 Å². The van der Waals surface area contributed by atoms with Crippen molar-refractivity contribution in [1.29, 1.82) is 0 Å². The van der Waals surface area contributed by atoms with Gasteiger partial charge in [-0.25, -0.2) is 0 Å². The monoisotopic (exact) mass is 255 g/mol. The molecule has 3 heteroatoms. The van der Waals surface area contributed by atoms with E-state index in [4.69, 9.17) is 4.74 Å². The van der Waals surface area contributed by atoms with Crippen molar-refractivity contribution in [1.82, 2.24) is 5.32 Å². The zero-order valence-corrected chi connectivity index (χ0v) is 12.1. The van der Waals surface area contributed by atoms with Crippen LogP contribution in [-0.4, -0.2) is 13.2 Å². The molecule has 0 unspecified atom stereocenters. The summed E-state index contributed by atoms with van der Waals surface area (Å²) < 4.78 is 5.68. The largest absolute Gasteiger partial charge is 0.376 e. The molecule has 98 valence electrons. The minimum atomic E-state index is 0.773. The van der Waals surface area contributed by atoms with Crippen molar-refractivity contribution in [3.63, 3.8) is 0 Å². The second kappa shape index (κ2) is 8.67. The lowest BCUT2D eigenvalue weighted by atomic mass is 10.1. The van der Waals surface area contributed by atoms with Crippen LogP contribution in [0.1, 0.15) is 43.4 Å². The highest BCUT2D eigenvalue weighted by Crippen LogP contribution is 2.17. The molecule has 0 amide bonds. The van der Waals surface area contributed by atoms with Crippen LogP contribution in [0.25, 0.3) is 0 Å². The molecule has 0 atom stereocenters. The molecule has 0 aliphatic heterocycles. The minimum Gasteiger partial charge on any atom is -0.376 e. The van der Waals surface area contributed by atoms with E-state index in [9.17, 15) is 0 Å². The molecule has 0 aliphatic rings. The molecule has 0 aliphatic carbocycles. The smallest absolute Gasteiger partial charge is 0.0809 e. The van der Waals surface area contributed by atoms with E-state index in [1.807, 2.05) is 11.3 Å². The maximum absolute atomic E-state index is 5.68. The predicted molar refractivity (Wildman–Crippen MR) is 75.4 cm³/mol. The lowest BCUT2D eigenvalue weighted by molar-refractivity contribution is 0.117. The summed E-state index contributed by atoms with van der Waals surface area (Å²) in [5, 5.41) is 3.34. The summed E-state index contributed by atoms with van der Waals surface area (Å²) >= 11 is 1.85. The summed E-state index contributed by atoms with van der Waals surface area (Å²) in [6.07, 6.45) is 2.43. The van der Waals surface area contributed by atoms with Gasteiger partial charge in [0.25, 0.3) is 0 Å². The summed E-state index contributed by atoms with van der Waals surface area (Å²) in [5.74, 6) is 0.784. The molecular formula is C14H25NOS. The molecule has 1 rings (SSSR count). The number of thiophene rings is 1. The number of hydrogen-bond acceptors (Lipinski definition) is 3. The molecule has 2 nitrogen and oxygen atoms in total. The Morgan fingerprint density at radius 1 is 1.29 bits per heavy atom. The van der Waals surface area contributed by atoms with E-state index in [0.29, 0.717) is 0 Å². The molecule has 1 aromatic rings. The van der Waals surface area contributed by atoms with E-state index in [-0.39, 0.29) is 0 Å². The van der Waals surface area contributed by atoms with E-state index < -0.39 is 0 Å². The van der Waals surface area contributed by atoms with Crippen LogP contribution < -0.4 is 5.32 Å². The first-order chi connectivity index (χ1) is 8.22. The zero-order chi connectivity index (χ0) is 12.5. The normalized spacial score (nSPS) is 11.3. The van der Waals surface area contributed by atoms with Crippen LogP contribution in [0.15, 0.2) is 12.1 Å². The molecule has 0 radical (unpaired) electrons. The molecular weight excluding hydrogens is 230 g/mol. The fourth-order valence-corrected chi connectivity index (χ4v) is 2.53. The molecule has 0 saturated heterocycles. The zero-order valence-electron chi connectivity index (χ0n) is 11.3. The average Bonchev–Trinajstić information content (AvgIpc) is 2.73. The van der Waals surface area contributed by atoms with Crippen molar-refractivity contribution >= 4 is 11.3 Å². The number of rotatable bonds is 9. The first kappa shape index (κ1) is 14.7. The Morgan fingerprint density at radius 2 is 2.06 bits per heavy atom. The average molecular weight is 255 g/mol. The van der Waals surface area contributed by atoms with Gasteiger partial charge in [0.15, 0.2) is 0 Å². The van der Waals surface area contributed by atoms with Crippen molar-refractivity contribution in [2.75, 3.05) is 13.2 Å². The minimum absolute atomic E-state index is 0.773. The van der Waals surface area contributed by atoms with Crippen molar-refractivity contribution in [3.8, 4) is 0 Å². The maximum atomic E-state index is 5.68. The molecule has 0 aromatic carbocycles. The summed E-state index contributed by atoms with van der Waals surface area (Å²) in [6, 6.07) is 4.37. The number of ether oxygens (including phenoxy) is 1. The summed E-state index contributed by atoms with van der Waals surface area (Å²) in [4.78, 5) is 2.73. The third-order valence-electron chi connectivity index (χ3n) is 2.58. The highest BCUT2D eigenvalue weighted by Gasteiger charge is 2.00. The van der Waals surface area contributed by atoms with Crippen molar-refractivity contribution < 1.29 is 4.74 Å². The van der Waals surface area contributed by atoms with Gasteiger partial charge in [-0.2, -0.15) is 0 Å². The van der Waals surface area contributed by atoms with Gasteiger partial charge >= 0.3 is 0 Å². The van der Waals surface area contributed by atoms with Gasteiger partial charge in [-0.05, 0) is 37.4 Å². The Kier molecular flexibility index (Phi) is 7.49. The molecule has 1 heterocycles. The maximum Gasteiger partial charge on any atom is 0.0809 e. The van der Waals surface area contributed by atoms with Crippen molar-refractivity contribution in [2.24, 2.45) is 5.92 Å². The first-order valence-corrected chi connectivity index (χ1v) is 7.40. The summed E-state index contributed by atoms with van der Waals surface area (Å²) in [6.45, 7) is 10.3. The van der Waals surface area contributed by atoms with Gasteiger partial charge in [0.2, 0.25) is 0 Å². The Hall–Kier alpha value is -0.380. The summed E-state index contributed by atoms with van der Waals surface area (Å²) in [5.41, 5.74) is 0. The Balaban J connectivity index is 2.12.